The third-order valence-corrected chi connectivity index (χ3v) is 11.3. The van der Waals surface area contributed by atoms with Crippen molar-refractivity contribution in [2.75, 3.05) is 6.61 Å². The van der Waals surface area contributed by atoms with Crippen LogP contribution in [0, 0.1) is 0 Å². The van der Waals surface area contributed by atoms with E-state index in [-0.39, 0.29) is 22.6 Å². The molecule has 2 aromatic carbocycles. The predicted molar refractivity (Wildman–Crippen MR) is 201 cm³/mol. The molecule has 344 valence electrons. The molecule has 20 atom stereocenters. The van der Waals surface area contributed by atoms with Crippen molar-refractivity contribution in [3.63, 3.8) is 0 Å². The molecule has 4 fully saturated rings. The molecule has 23 nitrogen and oxygen atoms in total. The molecule has 62 heavy (non-hydrogen) atoms. The highest BCUT2D eigenvalue weighted by atomic mass is 16.8. The number of ether oxygens (including phenoxy) is 8. The maximum absolute atomic E-state index is 14.5. The molecule has 7 rings (SSSR count). The molecule has 23 heteroatoms. The Bertz CT molecular complexity index is 2060. The number of aromatic hydroxyl groups is 2. The zero-order chi connectivity index (χ0) is 45.1. The summed E-state index contributed by atoms with van der Waals surface area (Å²) in [6, 6.07) is 7.21. The van der Waals surface area contributed by atoms with Crippen molar-refractivity contribution in [2.24, 2.45) is 0 Å². The summed E-state index contributed by atoms with van der Waals surface area (Å²) < 4.78 is 52.0. The summed E-state index contributed by atoms with van der Waals surface area (Å²) in [5.41, 5.74) is -1.36. The van der Waals surface area contributed by atoms with Gasteiger partial charge < -0.3 is 109 Å². The van der Waals surface area contributed by atoms with Gasteiger partial charge in [-0.3, -0.25) is 4.79 Å². The molecule has 3 aromatic rings. The average Bonchev–Trinajstić information content (AvgIpc) is 3.24. The van der Waals surface area contributed by atoms with Crippen LogP contribution in [0.1, 0.15) is 20.8 Å². The fraction of sp³-hybridized carbons (Fsp3) is 0.615. The first-order chi connectivity index (χ1) is 29.3. The molecule has 20 unspecified atom stereocenters. The number of aliphatic hydroxyl groups excluding tert-OH is 11. The Morgan fingerprint density at radius 1 is 0.565 bits per heavy atom. The second kappa shape index (κ2) is 18.3. The first-order valence-corrected chi connectivity index (χ1v) is 19.6. The minimum Gasteiger partial charge on any atom is -0.508 e. The van der Waals surface area contributed by atoms with Gasteiger partial charge in [-0.25, -0.2) is 0 Å². The lowest BCUT2D eigenvalue weighted by molar-refractivity contribution is -0.360. The minimum absolute atomic E-state index is 0.0728. The number of aliphatic hydroxyl groups is 11. The smallest absolute Gasteiger partial charge is 0.239 e. The number of phenolic OH excluding ortho intramolecular Hbond substituents is 2. The summed E-state index contributed by atoms with van der Waals surface area (Å²) in [4.78, 5) is 14.5. The van der Waals surface area contributed by atoms with Crippen molar-refractivity contribution in [3.8, 4) is 34.3 Å². The van der Waals surface area contributed by atoms with Crippen LogP contribution in [0.25, 0.3) is 22.3 Å². The summed E-state index contributed by atoms with van der Waals surface area (Å²) in [7, 11) is 0. The van der Waals surface area contributed by atoms with Crippen LogP contribution in [0.4, 0.5) is 0 Å². The van der Waals surface area contributed by atoms with Gasteiger partial charge in [0.05, 0.1) is 24.9 Å². The third-order valence-electron chi connectivity index (χ3n) is 11.3. The van der Waals surface area contributed by atoms with Crippen LogP contribution in [0.5, 0.6) is 23.0 Å². The van der Waals surface area contributed by atoms with E-state index in [0.29, 0.717) is 0 Å². The maximum Gasteiger partial charge on any atom is 0.239 e. The van der Waals surface area contributed by atoms with E-state index in [9.17, 15) is 71.2 Å². The van der Waals surface area contributed by atoms with Crippen molar-refractivity contribution in [3.05, 3.63) is 46.6 Å². The fourth-order valence-electron chi connectivity index (χ4n) is 7.50. The molecule has 0 amide bonds. The highest BCUT2D eigenvalue weighted by Gasteiger charge is 2.52. The van der Waals surface area contributed by atoms with Crippen LogP contribution in [0.15, 0.2) is 45.6 Å². The first kappa shape index (κ1) is 46.2. The van der Waals surface area contributed by atoms with E-state index in [1.165, 1.54) is 45.0 Å². The molecule has 4 aliphatic rings. The standard InChI is InChI=1S/C39H50O23/c1-11-21(42)26(47)30(51)36(55-11)54-10-19-24(45)29(50)35(62-38-32(53)28(49)23(44)13(3)57-38)39(60-19)61-34-25(46)20-17(41)8-16(58-37-31(52)27(48)22(43)12(2)56-37)9-18(20)59-33(34)14-4-6-15(40)7-5-14/h4-9,11-13,19,21-24,26-32,35-45,47-53H,10H2,1-3H3. The Labute approximate surface area is 350 Å². The molecule has 1 aromatic heterocycles. The second-order valence-electron chi connectivity index (χ2n) is 15.7. The van der Waals surface area contributed by atoms with E-state index in [1.807, 2.05) is 0 Å². The molecule has 0 spiro atoms. The Balaban J connectivity index is 1.27. The van der Waals surface area contributed by atoms with Gasteiger partial charge in [0.1, 0.15) is 101 Å². The van der Waals surface area contributed by atoms with Crippen molar-refractivity contribution in [1.29, 1.82) is 0 Å². The van der Waals surface area contributed by atoms with Crippen LogP contribution >= 0.6 is 0 Å². The van der Waals surface area contributed by atoms with Gasteiger partial charge in [-0.1, -0.05) is 0 Å². The summed E-state index contributed by atoms with van der Waals surface area (Å²) in [6.07, 6.45) is -32.8. The number of phenols is 2. The normalized spacial score (nSPS) is 41.5. The van der Waals surface area contributed by atoms with Gasteiger partial charge in [-0.2, -0.15) is 0 Å². The lowest BCUT2D eigenvalue weighted by Crippen LogP contribution is -2.65. The van der Waals surface area contributed by atoms with Gasteiger partial charge in [-0.05, 0) is 45.0 Å². The molecule has 5 heterocycles. The largest absolute Gasteiger partial charge is 0.508 e. The van der Waals surface area contributed by atoms with Gasteiger partial charge in [0.2, 0.25) is 23.8 Å². The second-order valence-corrected chi connectivity index (χ2v) is 15.7. The van der Waals surface area contributed by atoms with Gasteiger partial charge in [-0.15, -0.1) is 0 Å². The van der Waals surface area contributed by atoms with Crippen LogP contribution in [-0.2, 0) is 28.4 Å². The SMILES string of the molecule is CC1OC(OCC2OC(Oc3c(-c4ccc(O)cc4)oc4cc(OC5OC(C)C(O)C(O)C5O)cc(O)c4c3=O)C(OC3OC(C)C(O)C(O)C3O)C(O)C2O)C(O)C(O)C1O. The highest BCUT2D eigenvalue weighted by molar-refractivity contribution is 5.88. The van der Waals surface area contributed by atoms with E-state index < -0.39 is 158 Å². The summed E-state index contributed by atoms with van der Waals surface area (Å²) >= 11 is 0. The van der Waals surface area contributed by atoms with Gasteiger partial charge in [0.15, 0.2) is 24.4 Å². The Hall–Kier alpha value is -3.83. The molecule has 4 saturated heterocycles. The Kier molecular flexibility index (Phi) is 13.7. The molecule has 0 saturated carbocycles. The molecule has 0 radical (unpaired) electrons. The van der Waals surface area contributed by atoms with Crippen LogP contribution in [0.2, 0.25) is 0 Å². The van der Waals surface area contributed by atoms with E-state index >= 15 is 0 Å². The quantitative estimate of drug-likeness (QED) is 0.0921. The van der Waals surface area contributed by atoms with Crippen LogP contribution in [0.3, 0.4) is 0 Å². The molecule has 0 aliphatic carbocycles. The van der Waals surface area contributed by atoms with E-state index in [0.717, 1.165) is 12.1 Å². The summed E-state index contributed by atoms with van der Waals surface area (Å²) in [5.74, 6) is -2.31. The fourth-order valence-corrected chi connectivity index (χ4v) is 7.50. The zero-order valence-corrected chi connectivity index (χ0v) is 33.1. The average molecular weight is 887 g/mol. The third kappa shape index (κ3) is 8.83. The Morgan fingerprint density at radius 3 is 1.69 bits per heavy atom. The number of hydrogen-bond acceptors (Lipinski definition) is 23. The lowest BCUT2D eigenvalue weighted by Gasteiger charge is -2.46. The molecule has 0 bridgehead atoms. The molecule has 13 N–H and O–H groups in total. The van der Waals surface area contributed by atoms with Crippen LogP contribution < -0.4 is 14.9 Å². The van der Waals surface area contributed by atoms with Crippen molar-refractivity contribution < 1.29 is 109 Å². The predicted octanol–water partition coefficient (Wildman–Crippen LogP) is -4.04. The van der Waals surface area contributed by atoms with Gasteiger partial charge in [0.25, 0.3) is 0 Å². The summed E-state index contributed by atoms with van der Waals surface area (Å²) in [6.45, 7) is 3.47. The minimum atomic E-state index is -2.06. The highest BCUT2D eigenvalue weighted by Crippen LogP contribution is 2.39. The van der Waals surface area contributed by atoms with Crippen molar-refractivity contribution in [1.82, 2.24) is 0 Å². The number of hydrogen-bond donors (Lipinski definition) is 13. The van der Waals surface area contributed by atoms with Crippen molar-refractivity contribution in [2.45, 2.75) is 144 Å². The van der Waals surface area contributed by atoms with Crippen LogP contribution in [-0.4, -0.2) is 196 Å². The first-order valence-electron chi connectivity index (χ1n) is 19.6. The zero-order valence-electron chi connectivity index (χ0n) is 33.1. The van der Waals surface area contributed by atoms with E-state index in [2.05, 4.69) is 0 Å². The summed E-state index contributed by atoms with van der Waals surface area (Å²) in [5, 5.41) is 137. The van der Waals surface area contributed by atoms with Gasteiger partial charge >= 0.3 is 0 Å². The Morgan fingerprint density at radius 2 is 1.10 bits per heavy atom. The topological polar surface area (TPSA) is 367 Å². The molecular formula is C39H50O23. The number of rotatable bonds is 10. The number of benzene rings is 2. The van der Waals surface area contributed by atoms with E-state index in [4.69, 9.17) is 42.3 Å². The maximum atomic E-state index is 14.5. The monoisotopic (exact) mass is 886 g/mol. The molecule has 4 aliphatic heterocycles. The lowest BCUT2D eigenvalue weighted by atomic mass is 9.97. The molecular weight excluding hydrogens is 836 g/mol. The number of fused-ring (bicyclic) bond motifs is 1. The van der Waals surface area contributed by atoms with Gasteiger partial charge in [0, 0.05) is 17.7 Å². The van der Waals surface area contributed by atoms with Crippen molar-refractivity contribution >= 4 is 11.0 Å². The van der Waals surface area contributed by atoms with E-state index in [1.54, 1.807) is 0 Å².